The summed E-state index contributed by atoms with van der Waals surface area (Å²) in [6, 6.07) is 4.58. The van der Waals surface area contributed by atoms with Crippen LogP contribution in [0.15, 0.2) is 12.1 Å². The van der Waals surface area contributed by atoms with Gasteiger partial charge in [0, 0.05) is 11.6 Å². The largest absolute Gasteiger partial charge is 0.506 e. The number of aromatic hydroxyl groups is 1. The Balaban J connectivity index is 3.33. The number of rotatable bonds is 3. The van der Waals surface area contributed by atoms with Crippen LogP contribution in [0.5, 0.6) is 11.5 Å². The van der Waals surface area contributed by atoms with Crippen LogP contribution in [0.3, 0.4) is 0 Å². The number of nitrogens with zero attached hydrogens (tertiary/aromatic N) is 1. The van der Waals surface area contributed by atoms with Gasteiger partial charge in [0.1, 0.15) is 23.1 Å². The third kappa shape index (κ3) is 2.26. The summed E-state index contributed by atoms with van der Waals surface area (Å²) in [4.78, 5) is 11.2. The van der Waals surface area contributed by atoms with Gasteiger partial charge in [0.2, 0.25) is 0 Å². The Bertz CT molecular complexity index is 432. The smallest absolute Gasteiger partial charge is 0.161 e. The first kappa shape index (κ1) is 11.1. The minimum Gasteiger partial charge on any atom is -0.506 e. The SMILES string of the molecule is CCOc1cc(O)c(C#N)c(C(C)=O)c1. The van der Waals surface area contributed by atoms with E-state index in [1.165, 1.54) is 19.1 Å². The molecule has 0 atom stereocenters. The number of carbonyl (C=O) groups excluding carboxylic acids is 1. The first-order valence-electron chi connectivity index (χ1n) is 4.51. The number of nitriles is 1. The molecule has 4 nitrogen and oxygen atoms in total. The lowest BCUT2D eigenvalue weighted by Crippen LogP contribution is -2.00. The van der Waals surface area contributed by atoms with Crippen molar-refractivity contribution in [2.45, 2.75) is 13.8 Å². The Morgan fingerprint density at radius 3 is 2.73 bits per heavy atom. The molecule has 0 amide bonds. The minimum absolute atomic E-state index is 0.00838. The molecule has 1 rings (SSSR count). The molecule has 0 aliphatic rings. The number of Topliss-reactive ketones (excluding diaryl/α,β-unsaturated/α-hetero) is 1. The Morgan fingerprint density at radius 1 is 1.60 bits per heavy atom. The van der Waals surface area contributed by atoms with E-state index in [1.54, 1.807) is 13.0 Å². The zero-order valence-electron chi connectivity index (χ0n) is 8.57. The van der Waals surface area contributed by atoms with Crippen LogP contribution in [0.2, 0.25) is 0 Å². The quantitative estimate of drug-likeness (QED) is 0.764. The van der Waals surface area contributed by atoms with Gasteiger partial charge in [-0.3, -0.25) is 4.79 Å². The van der Waals surface area contributed by atoms with Crippen molar-refractivity contribution in [2.24, 2.45) is 0 Å². The van der Waals surface area contributed by atoms with E-state index < -0.39 is 0 Å². The topological polar surface area (TPSA) is 70.3 Å². The van der Waals surface area contributed by atoms with E-state index in [0.29, 0.717) is 12.4 Å². The van der Waals surface area contributed by atoms with Crippen LogP contribution in [0.4, 0.5) is 0 Å². The number of phenolic OH excluding ortho intramolecular Hbond substituents is 1. The molecule has 0 heterocycles. The first-order chi connectivity index (χ1) is 7.10. The fourth-order valence-electron chi connectivity index (χ4n) is 1.25. The maximum absolute atomic E-state index is 11.2. The van der Waals surface area contributed by atoms with Gasteiger partial charge in [-0.2, -0.15) is 5.26 Å². The van der Waals surface area contributed by atoms with Crippen molar-refractivity contribution in [3.8, 4) is 17.6 Å². The van der Waals surface area contributed by atoms with Crippen LogP contribution >= 0.6 is 0 Å². The second kappa shape index (κ2) is 4.47. The number of hydrogen-bond donors (Lipinski definition) is 1. The maximum Gasteiger partial charge on any atom is 0.161 e. The molecular formula is C11H11NO3. The molecule has 0 radical (unpaired) electrons. The van der Waals surface area contributed by atoms with Crippen molar-refractivity contribution in [3.05, 3.63) is 23.3 Å². The fraction of sp³-hybridized carbons (Fsp3) is 0.273. The first-order valence-corrected chi connectivity index (χ1v) is 4.51. The highest BCUT2D eigenvalue weighted by atomic mass is 16.5. The summed E-state index contributed by atoms with van der Waals surface area (Å²) < 4.78 is 5.16. The molecule has 4 heteroatoms. The van der Waals surface area contributed by atoms with E-state index in [4.69, 9.17) is 10.00 Å². The summed E-state index contributed by atoms with van der Waals surface area (Å²) in [5.41, 5.74) is 0.173. The van der Waals surface area contributed by atoms with Crippen LogP contribution < -0.4 is 4.74 Å². The molecule has 0 aliphatic carbocycles. The number of benzene rings is 1. The lowest BCUT2D eigenvalue weighted by Gasteiger charge is -2.07. The third-order valence-electron chi connectivity index (χ3n) is 1.89. The second-order valence-corrected chi connectivity index (χ2v) is 2.97. The summed E-state index contributed by atoms with van der Waals surface area (Å²) in [6.07, 6.45) is 0. The highest BCUT2D eigenvalue weighted by Gasteiger charge is 2.13. The van der Waals surface area contributed by atoms with Crippen LogP contribution in [0, 0.1) is 11.3 Å². The molecule has 0 aromatic heterocycles. The van der Waals surface area contributed by atoms with E-state index in [1.807, 2.05) is 0 Å². The van der Waals surface area contributed by atoms with Crippen molar-refractivity contribution >= 4 is 5.78 Å². The normalized spacial score (nSPS) is 9.40. The van der Waals surface area contributed by atoms with Crippen molar-refractivity contribution in [1.29, 1.82) is 5.26 Å². The highest BCUT2D eigenvalue weighted by molar-refractivity contribution is 5.97. The lowest BCUT2D eigenvalue weighted by atomic mass is 10.0. The molecular weight excluding hydrogens is 194 g/mol. The van der Waals surface area contributed by atoms with Crippen molar-refractivity contribution < 1.29 is 14.6 Å². The number of ketones is 1. The molecule has 1 aromatic rings. The van der Waals surface area contributed by atoms with Gasteiger partial charge in [0.15, 0.2) is 5.78 Å². The van der Waals surface area contributed by atoms with Crippen molar-refractivity contribution in [3.63, 3.8) is 0 Å². The number of phenols is 1. The molecule has 0 saturated heterocycles. The second-order valence-electron chi connectivity index (χ2n) is 2.97. The zero-order chi connectivity index (χ0) is 11.4. The van der Waals surface area contributed by atoms with Crippen LogP contribution in [-0.4, -0.2) is 17.5 Å². The number of hydrogen-bond acceptors (Lipinski definition) is 4. The van der Waals surface area contributed by atoms with Crippen molar-refractivity contribution in [2.75, 3.05) is 6.61 Å². The summed E-state index contributed by atoms with van der Waals surface area (Å²) in [7, 11) is 0. The molecule has 1 aromatic carbocycles. The van der Waals surface area contributed by atoms with Gasteiger partial charge in [0.25, 0.3) is 0 Å². The summed E-state index contributed by atoms with van der Waals surface area (Å²) >= 11 is 0. The summed E-state index contributed by atoms with van der Waals surface area (Å²) in [6.45, 7) is 3.57. The van der Waals surface area contributed by atoms with Gasteiger partial charge in [-0.05, 0) is 19.9 Å². The predicted octanol–water partition coefficient (Wildman–Crippen LogP) is 1.87. The monoisotopic (exact) mass is 205 g/mol. The predicted molar refractivity (Wildman–Crippen MR) is 54.0 cm³/mol. The average molecular weight is 205 g/mol. The minimum atomic E-state index is -0.275. The number of carbonyl (C=O) groups is 1. The highest BCUT2D eigenvalue weighted by Crippen LogP contribution is 2.27. The van der Waals surface area contributed by atoms with Gasteiger partial charge in [-0.25, -0.2) is 0 Å². The van der Waals surface area contributed by atoms with E-state index >= 15 is 0 Å². The zero-order valence-corrected chi connectivity index (χ0v) is 8.57. The van der Waals surface area contributed by atoms with Crippen LogP contribution in [-0.2, 0) is 0 Å². The Hall–Kier alpha value is -2.02. The van der Waals surface area contributed by atoms with Gasteiger partial charge < -0.3 is 9.84 Å². The lowest BCUT2D eigenvalue weighted by molar-refractivity contribution is 0.101. The molecule has 1 N–H and O–H groups in total. The molecule has 0 unspecified atom stereocenters. The Morgan fingerprint density at radius 2 is 2.27 bits per heavy atom. The van der Waals surface area contributed by atoms with E-state index in [0.717, 1.165) is 0 Å². The molecule has 15 heavy (non-hydrogen) atoms. The van der Waals surface area contributed by atoms with E-state index in [9.17, 15) is 9.90 Å². The molecule has 0 saturated carbocycles. The molecule has 0 fully saturated rings. The number of ether oxygens (including phenoxy) is 1. The van der Waals surface area contributed by atoms with Gasteiger partial charge in [0.05, 0.1) is 6.61 Å². The molecule has 0 spiro atoms. The Kier molecular flexibility index (Phi) is 3.29. The van der Waals surface area contributed by atoms with Gasteiger partial charge in [-0.15, -0.1) is 0 Å². The van der Waals surface area contributed by atoms with Crippen LogP contribution in [0.25, 0.3) is 0 Å². The standard InChI is InChI=1S/C11H11NO3/c1-3-15-8-4-9(7(2)13)10(6-12)11(14)5-8/h4-5,14H,3H2,1-2H3. The Labute approximate surface area is 87.7 Å². The molecule has 78 valence electrons. The molecule has 0 aliphatic heterocycles. The van der Waals surface area contributed by atoms with Crippen LogP contribution in [0.1, 0.15) is 29.8 Å². The maximum atomic E-state index is 11.2. The third-order valence-corrected chi connectivity index (χ3v) is 1.89. The van der Waals surface area contributed by atoms with Gasteiger partial charge in [-0.1, -0.05) is 0 Å². The fourth-order valence-corrected chi connectivity index (χ4v) is 1.25. The summed E-state index contributed by atoms with van der Waals surface area (Å²) in [5, 5.41) is 18.3. The average Bonchev–Trinajstić information content (AvgIpc) is 2.17. The van der Waals surface area contributed by atoms with E-state index in [2.05, 4.69) is 0 Å². The molecule has 0 bridgehead atoms. The van der Waals surface area contributed by atoms with Crippen molar-refractivity contribution in [1.82, 2.24) is 0 Å². The van der Waals surface area contributed by atoms with Gasteiger partial charge >= 0.3 is 0 Å². The van der Waals surface area contributed by atoms with E-state index in [-0.39, 0.29) is 22.7 Å². The summed E-state index contributed by atoms with van der Waals surface area (Å²) in [5.74, 6) is -0.115.